The smallest absolute Gasteiger partial charge is 0.176 e. The number of carbonyl (C=O) groups excluding carboxylic acids is 1. The van der Waals surface area contributed by atoms with E-state index in [0.717, 1.165) is 31.5 Å². The highest BCUT2D eigenvalue weighted by molar-refractivity contribution is 6.39. The summed E-state index contributed by atoms with van der Waals surface area (Å²) in [6.45, 7) is 2.75. The Kier molecular flexibility index (Phi) is 2.60. The van der Waals surface area contributed by atoms with Crippen molar-refractivity contribution in [2.75, 3.05) is 6.54 Å². The van der Waals surface area contributed by atoms with Gasteiger partial charge in [-0.15, -0.1) is 0 Å². The van der Waals surface area contributed by atoms with Crippen molar-refractivity contribution in [2.45, 2.75) is 32.6 Å². The molecule has 0 amide bonds. The average molecular weight is 139 g/mol. The summed E-state index contributed by atoms with van der Waals surface area (Å²) in [7, 11) is 0. The molecule has 0 atom stereocenters. The number of Topliss-reactive ketones (excluding diaryl/α,β-unsaturated/α-hetero) is 1. The maximum Gasteiger partial charge on any atom is 0.176 e. The molecule has 0 bridgehead atoms. The summed E-state index contributed by atoms with van der Waals surface area (Å²) < 4.78 is 0. The van der Waals surface area contributed by atoms with Crippen LogP contribution in [-0.2, 0) is 4.79 Å². The Morgan fingerprint density at radius 3 is 2.90 bits per heavy atom. The predicted molar refractivity (Wildman–Crippen MR) is 41.5 cm³/mol. The minimum Gasteiger partial charge on any atom is -0.293 e. The molecular weight excluding hydrogens is 126 g/mol. The molecule has 0 fully saturated rings. The Balaban J connectivity index is 2.53. The van der Waals surface area contributed by atoms with E-state index in [1.807, 2.05) is 6.92 Å². The molecule has 0 saturated carbocycles. The Bertz CT molecular complexity index is 161. The molecule has 2 nitrogen and oxygen atoms in total. The van der Waals surface area contributed by atoms with Crippen LogP contribution in [0.1, 0.15) is 32.6 Å². The van der Waals surface area contributed by atoms with E-state index in [2.05, 4.69) is 4.99 Å². The lowest BCUT2D eigenvalue weighted by Gasteiger charge is -2.08. The highest BCUT2D eigenvalue weighted by atomic mass is 16.1. The number of ketones is 1. The SMILES string of the molecule is CCC(=O)C1=NCCCC1. The van der Waals surface area contributed by atoms with Crippen LogP contribution in [0.15, 0.2) is 4.99 Å². The Morgan fingerprint density at radius 1 is 1.60 bits per heavy atom. The molecule has 2 heteroatoms. The average Bonchev–Trinajstić information content (AvgIpc) is 2.05. The summed E-state index contributed by atoms with van der Waals surface area (Å²) in [4.78, 5) is 15.2. The Morgan fingerprint density at radius 2 is 2.40 bits per heavy atom. The molecule has 0 N–H and O–H groups in total. The molecular formula is C8H13NO. The summed E-state index contributed by atoms with van der Waals surface area (Å²) >= 11 is 0. The maximum atomic E-state index is 11.0. The monoisotopic (exact) mass is 139 g/mol. The first-order valence-corrected chi connectivity index (χ1v) is 3.91. The molecule has 0 saturated heterocycles. The Labute approximate surface area is 61.3 Å². The second-order valence-electron chi connectivity index (χ2n) is 2.56. The van der Waals surface area contributed by atoms with Crippen molar-refractivity contribution >= 4 is 11.5 Å². The van der Waals surface area contributed by atoms with Gasteiger partial charge in [0.05, 0.1) is 5.71 Å². The summed E-state index contributed by atoms with van der Waals surface area (Å²) in [5.41, 5.74) is 0.828. The molecule has 1 aliphatic rings. The topological polar surface area (TPSA) is 29.4 Å². The molecule has 0 aliphatic carbocycles. The lowest BCUT2D eigenvalue weighted by atomic mass is 10.0. The van der Waals surface area contributed by atoms with Gasteiger partial charge in [0.25, 0.3) is 0 Å². The van der Waals surface area contributed by atoms with E-state index >= 15 is 0 Å². The first-order valence-electron chi connectivity index (χ1n) is 3.91. The predicted octanol–water partition coefficient (Wildman–Crippen LogP) is 1.59. The Hall–Kier alpha value is -0.660. The molecule has 0 aromatic heterocycles. The zero-order valence-electron chi connectivity index (χ0n) is 6.39. The molecule has 1 rings (SSSR count). The van der Waals surface area contributed by atoms with Crippen molar-refractivity contribution in [3.63, 3.8) is 0 Å². The maximum absolute atomic E-state index is 11.0. The molecule has 1 aliphatic heterocycles. The van der Waals surface area contributed by atoms with Crippen molar-refractivity contribution < 1.29 is 4.79 Å². The molecule has 0 aromatic carbocycles. The molecule has 0 radical (unpaired) electrons. The molecule has 56 valence electrons. The fraction of sp³-hybridized carbons (Fsp3) is 0.750. The fourth-order valence-electron chi connectivity index (χ4n) is 1.13. The summed E-state index contributed by atoms with van der Waals surface area (Å²) in [6.07, 6.45) is 3.82. The lowest BCUT2D eigenvalue weighted by Crippen LogP contribution is -2.16. The zero-order chi connectivity index (χ0) is 7.40. The van der Waals surface area contributed by atoms with Crippen molar-refractivity contribution in [2.24, 2.45) is 4.99 Å². The number of aliphatic imine (C=N–C) groups is 1. The summed E-state index contributed by atoms with van der Waals surface area (Å²) in [5.74, 6) is 0.236. The molecule has 0 spiro atoms. The van der Waals surface area contributed by atoms with E-state index in [4.69, 9.17) is 0 Å². The number of hydrogen-bond donors (Lipinski definition) is 0. The summed E-state index contributed by atoms with van der Waals surface area (Å²) in [6, 6.07) is 0. The van der Waals surface area contributed by atoms with Crippen LogP contribution < -0.4 is 0 Å². The zero-order valence-corrected chi connectivity index (χ0v) is 6.39. The van der Waals surface area contributed by atoms with Gasteiger partial charge in [0, 0.05) is 13.0 Å². The first kappa shape index (κ1) is 7.45. The fourth-order valence-corrected chi connectivity index (χ4v) is 1.13. The van der Waals surface area contributed by atoms with E-state index in [9.17, 15) is 4.79 Å². The van der Waals surface area contributed by atoms with E-state index in [1.54, 1.807) is 0 Å². The molecule has 0 unspecified atom stereocenters. The number of hydrogen-bond acceptors (Lipinski definition) is 2. The van der Waals surface area contributed by atoms with Crippen LogP contribution in [0.3, 0.4) is 0 Å². The van der Waals surface area contributed by atoms with Gasteiger partial charge in [-0.1, -0.05) is 6.92 Å². The third-order valence-electron chi connectivity index (χ3n) is 1.77. The lowest BCUT2D eigenvalue weighted by molar-refractivity contribution is -0.112. The quantitative estimate of drug-likeness (QED) is 0.571. The van der Waals surface area contributed by atoms with Crippen molar-refractivity contribution in [1.29, 1.82) is 0 Å². The highest BCUT2D eigenvalue weighted by Gasteiger charge is 2.10. The van der Waals surface area contributed by atoms with Crippen molar-refractivity contribution in [3.05, 3.63) is 0 Å². The third-order valence-corrected chi connectivity index (χ3v) is 1.77. The van der Waals surface area contributed by atoms with Crippen molar-refractivity contribution in [1.82, 2.24) is 0 Å². The van der Waals surface area contributed by atoms with Gasteiger partial charge in [-0.25, -0.2) is 0 Å². The van der Waals surface area contributed by atoms with E-state index < -0.39 is 0 Å². The first-order chi connectivity index (χ1) is 4.84. The van der Waals surface area contributed by atoms with Gasteiger partial charge >= 0.3 is 0 Å². The van der Waals surface area contributed by atoms with Gasteiger partial charge in [-0.2, -0.15) is 0 Å². The second-order valence-corrected chi connectivity index (χ2v) is 2.56. The number of rotatable bonds is 2. The van der Waals surface area contributed by atoms with Crippen LogP contribution in [0.25, 0.3) is 0 Å². The minimum absolute atomic E-state index is 0.236. The largest absolute Gasteiger partial charge is 0.293 e. The minimum atomic E-state index is 0.236. The molecule has 1 heterocycles. The van der Waals surface area contributed by atoms with Gasteiger partial charge < -0.3 is 0 Å². The van der Waals surface area contributed by atoms with Gasteiger partial charge in [0.1, 0.15) is 0 Å². The standard InChI is InChI=1S/C8H13NO/c1-2-8(10)7-5-3-4-6-9-7/h2-6H2,1H3. The van der Waals surface area contributed by atoms with Crippen LogP contribution in [0.4, 0.5) is 0 Å². The van der Waals surface area contributed by atoms with Gasteiger partial charge in [0.15, 0.2) is 5.78 Å². The normalized spacial score (nSPS) is 18.3. The highest BCUT2D eigenvalue weighted by Crippen LogP contribution is 2.07. The van der Waals surface area contributed by atoms with Crippen LogP contribution >= 0.6 is 0 Å². The van der Waals surface area contributed by atoms with Crippen molar-refractivity contribution in [3.8, 4) is 0 Å². The van der Waals surface area contributed by atoms with Crippen LogP contribution in [0, 0.1) is 0 Å². The number of nitrogens with zero attached hydrogens (tertiary/aromatic N) is 1. The van der Waals surface area contributed by atoms with E-state index in [1.165, 1.54) is 0 Å². The van der Waals surface area contributed by atoms with E-state index in [-0.39, 0.29) is 5.78 Å². The summed E-state index contributed by atoms with van der Waals surface area (Å²) in [5, 5.41) is 0. The van der Waals surface area contributed by atoms with Crippen LogP contribution in [0.5, 0.6) is 0 Å². The van der Waals surface area contributed by atoms with E-state index in [0.29, 0.717) is 6.42 Å². The third kappa shape index (κ3) is 1.66. The molecule has 0 aromatic rings. The van der Waals surface area contributed by atoms with Crippen LogP contribution in [-0.4, -0.2) is 18.0 Å². The van der Waals surface area contributed by atoms with Crippen LogP contribution in [0.2, 0.25) is 0 Å². The van der Waals surface area contributed by atoms with Gasteiger partial charge in [-0.3, -0.25) is 9.79 Å². The van der Waals surface area contributed by atoms with Gasteiger partial charge in [0.2, 0.25) is 0 Å². The van der Waals surface area contributed by atoms with Gasteiger partial charge in [-0.05, 0) is 19.3 Å². The second kappa shape index (κ2) is 3.49. The number of carbonyl (C=O) groups is 1. The molecule has 10 heavy (non-hydrogen) atoms.